The summed E-state index contributed by atoms with van der Waals surface area (Å²) in [6.07, 6.45) is 3.72. The highest BCUT2D eigenvalue weighted by Gasteiger charge is 2.24. The molecule has 58 heavy (non-hydrogen) atoms. The molecule has 0 saturated carbocycles. The fraction of sp³-hybridized carbons (Fsp3) is 0. The van der Waals surface area contributed by atoms with E-state index in [2.05, 4.69) is 165 Å². The van der Waals surface area contributed by atoms with Gasteiger partial charge in [-0.2, -0.15) is 0 Å². The first-order valence-electron chi connectivity index (χ1n) is 19.6. The third-order valence-electron chi connectivity index (χ3n) is 11.9. The second-order valence-electron chi connectivity index (χ2n) is 15.0. The molecule has 0 amide bonds. The molecular formula is C52H31N5O. The largest absolute Gasteiger partial charge is 0.456 e. The van der Waals surface area contributed by atoms with Crippen molar-refractivity contribution in [1.82, 2.24) is 23.7 Å². The first-order valence-corrected chi connectivity index (χ1v) is 19.6. The molecule has 6 heteroatoms. The topological polar surface area (TPSA) is 53.7 Å². The van der Waals surface area contributed by atoms with E-state index in [1.165, 1.54) is 21.5 Å². The monoisotopic (exact) mass is 741 g/mol. The molecule has 6 heterocycles. The molecule has 0 fully saturated rings. The van der Waals surface area contributed by atoms with Gasteiger partial charge in [-0.25, -0.2) is 0 Å². The average Bonchev–Trinajstić information content (AvgIpc) is 4.02. The summed E-state index contributed by atoms with van der Waals surface area (Å²) < 4.78 is 13.5. The van der Waals surface area contributed by atoms with E-state index in [1.54, 1.807) is 0 Å². The van der Waals surface area contributed by atoms with Crippen LogP contribution in [0.15, 0.2) is 193 Å². The van der Waals surface area contributed by atoms with Crippen LogP contribution in [0.1, 0.15) is 0 Å². The van der Waals surface area contributed by atoms with Gasteiger partial charge >= 0.3 is 0 Å². The maximum absolute atomic E-state index is 6.31. The number of pyridine rings is 2. The highest BCUT2D eigenvalue weighted by Crippen LogP contribution is 2.45. The Balaban J connectivity index is 1.21. The van der Waals surface area contributed by atoms with Crippen LogP contribution in [0.4, 0.5) is 0 Å². The predicted octanol–water partition coefficient (Wildman–Crippen LogP) is 13.3. The van der Waals surface area contributed by atoms with E-state index in [0.29, 0.717) is 0 Å². The van der Waals surface area contributed by atoms with Gasteiger partial charge in [0.1, 0.15) is 22.2 Å². The van der Waals surface area contributed by atoms with Crippen LogP contribution in [0.2, 0.25) is 0 Å². The molecule has 0 N–H and O–H groups in total. The molecule has 6 aromatic heterocycles. The lowest BCUT2D eigenvalue weighted by molar-refractivity contribution is 0.669. The summed E-state index contributed by atoms with van der Waals surface area (Å²) in [5.74, 6) is 0. The number of furan rings is 1. The summed E-state index contributed by atoms with van der Waals surface area (Å²) in [6, 6.07) is 63.0. The second-order valence-corrected chi connectivity index (χ2v) is 15.0. The minimum Gasteiger partial charge on any atom is -0.456 e. The number of benzene rings is 7. The SMILES string of the molecule is c1ccc(-n2c3ccccc3c3cc(-c4cccc5c6ccccc6n(-c6ccc7oc8ccccc8c7c6)c45)c(-n4c5cccnc5c5ncccc54)cc32)cc1. The number of rotatable bonds is 4. The summed E-state index contributed by atoms with van der Waals surface area (Å²) in [5.41, 5.74) is 15.6. The van der Waals surface area contributed by atoms with Crippen molar-refractivity contribution in [1.29, 1.82) is 0 Å². The van der Waals surface area contributed by atoms with Crippen LogP contribution in [-0.2, 0) is 0 Å². The highest BCUT2D eigenvalue weighted by atomic mass is 16.3. The average molecular weight is 742 g/mol. The van der Waals surface area contributed by atoms with E-state index in [0.717, 1.165) is 94.3 Å². The minimum atomic E-state index is 0.876. The van der Waals surface area contributed by atoms with Gasteiger partial charge in [0.05, 0.1) is 38.8 Å². The molecular weight excluding hydrogens is 711 g/mol. The van der Waals surface area contributed by atoms with Crippen molar-refractivity contribution in [3.63, 3.8) is 0 Å². The quantitative estimate of drug-likeness (QED) is 0.180. The van der Waals surface area contributed by atoms with Gasteiger partial charge in [-0.3, -0.25) is 9.97 Å². The van der Waals surface area contributed by atoms with Crippen molar-refractivity contribution in [2.45, 2.75) is 0 Å². The van der Waals surface area contributed by atoms with Crippen LogP contribution in [-0.4, -0.2) is 23.7 Å². The first kappa shape index (κ1) is 31.3. The second kappa shape index (κ2) is 11.8. The third kappa shape index (κ3) is 4.26. The van der Waals surface area contributed by atoms with Crippen LogP contribution < -0.4 is 0 Å². The zero-order valence-corrected chi connectivity index (χ0v) is 31.0. The Kier molecular flexibility index (Phi) is 6.35. The lowest BCUT2D eigenvalue weighted by Crippen LogP contribution is -2.01. The summed E-state index contributed by atoms with van der Waals surface area (Å²) >= 11 is 0. The van der Waals surface area contributed by atoms with Crippen molar-refractivity contribution >= 4 is 87.6 Å². The molecule has 270 valence electrons. The van der Waals surface area contributed by atoms with Gasteiger partial charge in [0.15, 0.2) is 0 Å². The summed E-state index contributed by atoms with van der Waals surface area (Å²) in [5, 5.41) is 6.97. The van der Waals surface area contributed by atoms with Gasteiger partial charge in [0, 0.05) is 67.2 Å². The number of nitrogens with zero attached hydrogens (tertiary/aromatic N) is 5. The molecule has 0 unspecified atom stereocenters. The molecule has 7 aromatic carbocycles. The minimum absolute atomic E-state index is 0.876. The van der Waals surface area contributed by atoms with Gasteiger partial charge in [0.25, 0.3) is 0 Å². The lowest BCUT2D eigenvalue weighted by atomic mass is 9.97. The highest BCUT2D eigenvalue weighted by molar-refractivity contribution is 6.18. The summed E-state index contributed by atoms with van der Waals surface area (Å²) in [6.45, 7) is 0. The van der Waals surface area contributed by atoms with Crippen LogP contribution in [0.25, 0.3) is 116 Å². The van der Waals surface area contributed by atoms with Crippen LogP contribution in [0.3, 0.4) is 0 Å². The van der Waals surface area contributed by atoms with Crippen LogP contribution in [0.5, 0.6) is 0 Å². The van der Waals surface area contributed by atoms with E-state index in [1.807, 2.05) is 36.7 Å². The standard InChI is InChI=1S/C52H31N5O/c1-2-13-32(14-3-1)55-42-20-7-5-16-35(42)39-30-40(47(31-46(39)55)57-44-22-11-27-53-50(44)51-45(57)23-12-28-54-51)38-19-10-18-37-34-15-4-8-21-43(34)56(52(37)38)33-25-26-49-41(29-33)36-17-6-9-24-48(36)58-49/h1-31H. The number of hydrogen-bond donors (Lipinski definition) is 0. The molecule has 6 nitrogen and oxygen atoms in total. The third-order valence-corrected chi connectivity index (χ3v) is 11.9. The number of aromatic nitrogens is 5. The van der Waals surface area contributed by atoms with Crippen molar-refractivity contribution in [3.05, 3.63) is 188 Å². The molecule has 0 aliphatic rings. The molecule has 0 aliphatic carbocycles. The Morgan fingerprint density at radius 2 is 0.966 bits per heavy atom. The Morgan fingerprint density at radius 3 is 1.74 bits per heavy atom. The number of para-hydroxylation sites is 5. The van der Waals surface area contributed by atoms with E-state index >= 15 is 0 Å². The maximum Gasteiger partial charge on any atom is 0.135 e. The van der Waals surface area contributed by atoms with Crippen molar-refractivity contribution in [2.75, 3.05) is 0 Å². The normalized spacial score (nSPS) is 12.1. The number of hydrogen-bond acceptors (Lipinski definition) is 3. The van der Waals surface area contributed by atoms with E-state index in [4.69, 9.17) is 14.4 Å². The molecule has 0 bridgehead atoms. The molecule has 13 rings (SSSR count). The van der Waals surface area contributed by atoms with Crippen molar-refractivity contribution in [2.24, 2.45) is 0 Å². The zero-order valence-electron chi connectivity index (χ0n) is 31.0. The van der Waals surface area contributed by atoms with Gasteiger partial charge in [-0.05, 0) is 84.9 Å². The molecule has 0 saturated heterocycles. The van der Waals surface area contributed by atoms with Gasteiger partial charge in [-0.1, -0.05) is 91.0 Å². The molecule has 0 aliphatic heterocycles. The summed E-state index contributed by atoms with van der Waals surface area (Å²) in [7, 11) is 0. The number of fused-ring (bicyclic) bond motifs is 12. The summed E-state index contributed by atoms with van der Waals surface area (Å²) in [4.78, 5) is 9.79. The van der Waals surface area contributed by atoms with Gasteiger partial charge < -0.3 is 18.1 Å². The zero-order chi connectivity index (χ0) is 37.9. The fourth-order valence-electron chi connectivity index (χ4n) is 9.53. The smallest absolute Gasteiger partial charge is 0.135 e. The van der Waals surface area contributed by atoms with Crippen molar-refractivity contribution < 1.29 is 4.42 Å². The molecule has 0 atom stereocenters. The van der Waals surface area contributed by atoms with Crippen LogP contribution in [0, 0.1) is 0 Å². The maximum atomic E-state index is 6.31. The Morgan fingerprint density at radius 1 is 0.345 bits per heavy atom. The Labute approximate surface area is 331 Å². The molecule has 13 aromatic rings. The van der Waals surface area contributed by atoms with E-state index in [9.17, 15) is 0 Å². The van der Waals surface area contributed by atoms with E-state index < -0.39 is 0 Å². The van der Waals surface area contributed by atoms with E-state index in [-0.39, 0.29) is 0 Å². The Hall–Kier alpha value is -7.96. The lowest BCUT2D eigenvalue weighted by Gasteiger charge is -2.18. The first-order chi connectivity index (χ1) is 28.8. The molecule has 0 radical (unpaired) electrons. The van der Waals surface area contributed by atoms with Gasteiger partial charge in [-0.15, -0.1) is 0 Å². The van der Waals surface area contributed by atoms with Crippen LogP contribution >= 0.6 is 0 Å². The predicted molar refractivity (Wildman–Crippen MR) is 238 cm³/mol. The van der Waals surface area contributed by atoms with Gasteiger partial charge in [0.2, 0.25) is 0 Å². The molecule has 0 spiro atoms. The fourth-order valence-corrected chi connectivity index (χ4v) is 9.53. The Bertz CT molecular complexity index is 3750. The van der Waals surface area contributed by atoms with Crippen molar-refractivity contribution in [3.8, 4) is 28.2 Å².